The Morgan fingerprint density at radius 2 is 1.17 bits per heavy atom. The Balaban J connectivity index is 4.91. The molecule has 116 valence electrons. The van der Waals surface area contributed by atoms with Gasteiger partial charge in [-0.05, 0) is 0 Å². The molecule has 0 rings (SSSR count). The van der Waals surface area contributed by atoms with E-state index in [9.17, 15) is 14.7 Å². The van der Waals surface area contributed by atoms with Crippen LogP contribution in [0.5, 0.6) is 0 Å². The molecule has 3 N–H and O–H groups in total. The minimum atomic E-state index is -3.97. The van der Waals surface area contributed by atoms with Crippen LogP contribution in [0.1, 0.15) is 0 Å². The van der Waals surface area contributed by atoms with Crippen molar-refractivity contribution in [3.8, 4) is 0 Å². The summed E-state index contributed by atoms with van der Waals surface area (Å²) in [6, 6.07) is 0. The van der Waals surface area contributed by atoms with E-state index in [1.807, 2.05) is 0 Å². The Morgan fingerprint density at radius 3 is 1.44 bits per heavy atom. The standard InChI is InChI=1S/C5H21O8P3S2/c1-9-14(6,10-2)12-16(8,18-5)13-15(7,11-3)17-4/h6-8,14-16H,1-5H3. The van der Waals surface area contributed by atoms with Crippen LogP contribution in [0, 0.1) is 0 Å². The van der Waals surface area contributed by atoms with E-state index in [0.29, 0.717) is 0 Å². The fraction of sp³-hybridized carbons (Fsp3) is 1.00. The molecule has 0 atom stereocenters. The van der Waals surface area contributed by atoms with Gasteiger partial charge in [0, 0.05) is 0 Å². The summed E-state index contributed by atoms with van der Waals surface area (Å²) < 4.78 is 24.4. The molecular weight excluding hydrogens is 345 g/mol. The molecule has 0 heterocycles. The first-order chi connectivity index (χ1) is 8.22. The van der Waals surface area contributed by atoms with Crippen LogP contribution in [0.4, 0.5) is 0 Å². The third-order valence-corrected chi connectivity index (χ3v) is 14.4. The molecule has 0 fully saturated rings. The van der Waals surface area contributed by atoms with Gasteiger partial charge in [-0.15, -0.1) is 0 Å². The van der Waals surface area contributed by atoms with Crippen molar-refractivity contribution in [2.45, 2.75) is 0 Å². The van der Waals surface area contributed by atoms with E-state index in [0.717, 1.165) is 22.8 Å². The van der Waals surface area contributed by atoms with E-state index in [4.69, 9.17) is 13.1 Å². The normalized spacial score (nSPS) is 16.7. The average Bonchev–Trinajstić information content (AvgIpc) is 2.38. The summed E-state index contributed by atoms with van der Waals surface area (Å²) in [4.78, 5) is 29.9. The molecule has 8 nitrogen and oxygen atoms in total. The molecule has 0 unspecified atom stereocenters. The zero-order valence-electron chi connectivity index (χ0n) is 10.7. The maximum atomic E-state index is 10.2. The second-order valence-corrected chi connectivity index (χ2v) is 15.2. The van der Waals surface area contributed by atoms with Crippen molar-refractivity contribution in [2.75, 3.05) is 33.8 Å². The minimum absolute atomic E-state index is 0.834. The first-order valence-corrected chi connectivity index (χ1v) is 13.6. The predicted molar refractivity (Wildman–Crippen MR) is 81.8 cm³/mol. The molecule has 0 aliphatic heterocycles. The first-order valence-electron chi connectivity index (χ1n) is 4.55. The molecule has 0 aliphatic rings. The van der Waals surface area contributed by atoms with Crippen LogP contribution in [0.3, 0.4) is 0 Å². The summed E-state index contributed by atoms with van der Waals surface area (Å²) in [7, 11) is -7.88. The first kappa shape index (κ1) is 19.7. The third kappa shape index (κ3) is 5.97. The quantitative estimate of drug-likeness (QED) is 0.524. The summed E-state index contributed by atoms with van der Waals surface area (Å²) in [6.45, 7) is 0. The van der Waals surface area contributed by atoms with Gasteiger partial charge in [-0.25, -0.2) is 0 Å². The molecule has 13 heteroatoms. The Morgan fingerprint density at radius 1 is 0.722 bits per heavy atom. The van der Waals surface area contributed by atoms with Crippen LogP contribution in [-0.2, 0) is 22.2 Å². The monoisotopic (exact) mass is 366 g/mol. The van der Waals surface area contributed by atoms with Gasteiger partial charge in [0.2, 0.25) is 0 Å². The molecule has 0 saturated heterocycles. The van der Waals surface area contributed by atoms with E-state index in [1.54, 1.807) is 6.26 Å². The van der Waals surface area contributed by atoms with Crippen molar-refractivity contribution in [3.05, 3.63) is 0 Å². The molecular formula is C5H21O8P3S2. The van der Waals surface area contributed by atoms with E-state index in [2.05, 4.69) is 9.05 Å². The summed E-state index contributed by atoms with van der Waals surface area (Å²) in [5.41, 5.74) is 0. The van der Waals surface area contributed by atoms with E-state index >= 15 is 0 Å². The Labute approximate surface area is 116 Å². The Hall–Kier alpha value is 1.67. The molecule has 0 aromatic heterocycles. The second kappa shape index (κ2) is 8.20. The van der Waals surface area contributed by atoms with Crippen molar-refractivity contribution < 1.29 is 36.9 Å². The van der Waals surface area contributed by atoms with Crippen LogP contribution in [0.15, 0.2) is 0 Å². The molecule has 0 radical (unpaired) electrons. The van der Waals surface area contributed by atoms with Crippen LogP contribution >= 0.6 is 45.2 Å². The predicted octanol–water partition coefficient (Wildman–Crippen LogP) is 1.89. The SMILES string of the molecule is CO[PH](O)(OC)O[PH](O)(O[PH](O)(OC)SC)SC. The molecule has 0 aromatic carbocycles. The van der Waals surface area contributed by atoms with Crippen molar-refractivity contribution in [3.63, 3.8) is 0 Å². The molecule has 0 aliphatic carbocycles. The summed E-state index contributed by atoms with van der Waals surface area (Å²) in [5.74, 6) is 0. The van der Waals surface area contributed by atoms with Gasteiger partial charge in [0.05, 0.1) is 0 Å². The fourth-order valence-corrected chi connectivity index (χ4v) is 12.5. The average molecular weight is 366 g/mol. The van der Waals surface area contributed by atoms with Crippen LogP contribution in [-0.4, -0.2) is 48.5 Å². The number of rotatable bonds is 9. The van der Waals surface area contributed by atoms with Crippen LogP contribution < -0.4 is 0 Å². The fourth-order valence-electron chi connectivity index (χ4n) is 0.763. The molecule has 0 amide bonds. The molecule has 18 heavy (non-hydrogen) atoms. The van der Waals surface area contributed by atoms with Gasteiger partial charge in [-0.3, -0.25) is 0 Å². The van der Waals surface area contributed by atoms with Gasteiger partial charge in [0.15, 0.2) is 0 Å². The van der Waals surface area contributed by atoms with Gasteiger partial charge in [0.1, 0.15) is 0 Å². The Kier molecular flexibility index (Phi) is 8.96. The van der Waals surface area contributed by atoms with Gasteiger partial charge in [-0.1, -0.05) is 0 Å². The summed E-state index contributed by atoms with van der Waals surface area (Å²) in [5, 5.41) is 0. The van der Waals surface area contributed by atoms with E-state index < -0.39 is 22.5 Å². The summed E-state index contributed by atoms with van der Waals surface area (Å²) >= 11 is 1.77. The van der Waals surface area contributed by atoms with Crippen LogP contribution in [0.25, 0.3) is 0 Å². The topological polar surface area (TPSA) is 107 Å². The molecule has 0 bridgehead atoms. The molecule has 0 saturated carbocycles. The van der Waals surface area contributed by atoms with Gasteiger partial charge >= 0.3 is 116 Å². The van der Waals surface area contributed by atoms with E-state index in [1.165, 1.54) is 27.6 Å². The number of hydrogen-bond donors (Lipinski definition) is 3. The zero-order valence-corrected chi connectivity index (χ0v) is 15.3. The van der Waals surface area contributed by atoms with Gasteiger partial charge in [-0.2, -0.15) is 0 Å². The number of hydrogen-bond acceptors (Lipinski definition) is 10. The molecule has 0 aromatic rings. The van der Waals surface area contributed by atoms with Gasteiger partial charge in [0.25, 0.3) is 0 Å². The van der Waals surface area contributed by atoms with Crippen molar-refractivity contribution in [2.24, 2.45) is 0 Å². The Bertz CT molecular complexity index is 231. The van der Waals surface area contributed by atoms with Gasteiger partial charge < -0.3 is 0 Å². The van der Waals surface area contributed by atoms with Crippen molar-refractivity contribution in [1.29, 1.82) is 0 Å². The van der Waals surface area contributed by atoms with Crippen LogP contribution in [0.2, 0.25) is 0 Å². The third-order valence-electron chi connectivity index (χ3n) is 1.81. The van der Waals surface area contributed by atoms with Crippen molar-refractivity contribution >= 4 is 45.2 Å². The summed E-state index contributed by atoms with van der Waals surface area (Å²) in [6.07, 6.45) is 3.08. The molecule has 0 spiro atoms. The maximum absolute atomic E-state index is 10.2. The zero-order chi connectivity index (χ0) is 14.4. The van der Waals surface area contributed by atoms with Crippen molar-refractivity contribution in [1.82, 2.24) is 0 Å². The van der Waals surface area contributed by atoms with E-state index in [-0.39, 0.29) is 0 Å². The second-order valence-electron chi connectivity index (χ2n) is 2.80.